The summed E-state index contributed by atoms with van der Waals surface area (Å²) in [6.07, 6.45) is 1.01. The molecule has 4 nitrogen and oxygen atoms in total. The molecule has 13 heavy (non-hydrogen) atoms. The van der Waals surface area contributed by atoms with E-state index in [2.05, 4.69) is 0 Å². The highest BCUT2D eigenvalue weighted by Crippen LogP contribution is 2.24. The topological polar surface area (TPSA) is 63.4 Å². The lowest BCUT2D eigenvalue weighted by Crippen LogP contribution is -1.99. The van der Waals surface area contributed by atoms with E-state index in [0.717, 1.165) is 4.88 Å². The van der Waals surface area contributed by atoms with E-state index in [0.29, 0.717) is 12.8 Å². The van der Waals surface area contributed by atoms with Crippen molar-refractivity contribution in [1.29, 1.82) is 0 Å². The SMILES string of the molecule is C[C@H](O)CCc1ccc([N+](=O)[O-])s1. The van der Waals surface area contributed by atoms with Crippen LogP contribution in [0.25, 0.3) is 0 Å². The normalized spacial score (nSPS) is 12.8. The van der Waals surface area contributed by atoms with E-state index in [1.54, 1.807) is 13.0 Å². The molecule has 0 amide bonds. The Balaban J connectivity index is 2.54. The number of aryl methyl sites for hydroxylation is 1. The molecule has 0 radical (unpaired) electrons. The van der Waals surface area contributed by atoms with Gasteiger partial charge in [-0.3, -0.25) is 10.1 Å². The van der Waals surface area contributed by atoms with Crippen molar-refractivity contribution in [1.82, 2.24) is 0 Å². The molecular formula is C8H11NO3S. The molecule has 0 aliphatic carbocycles. The third-order valence-electron chi connectivity index (χ3n) is 1.64. The zero-order valence-electron chi connectivity index (χ0n) is 7.27. The summed E-state index contributed by atoms with van der Waals surface area (Å²) in [6.45, 7) is 1.71. The molecule has 0 aliphatic rings. The quantitative estimate of drug-likeness (QED) is 0.598. The fourth-order valence-corrected chi connectivity index (χ4v) is 1.79. The highest BCUT2D eigenvalue weighted by atomic mass is 32.1. The van der Waals surface area contributed by atoms with Crippen molar-refractivity contribution in [2.24, 2.45) is 0 Å². The molecule has 72 valence electrons. The number of nitrogens with zero attached hydrogens (tertiary/aromatic N) is 1. The molecule has 0 saturated heterocycles. The fourth-order valence-electron chi connectivity index (χ4n) is 0.950. The van der Waals surface area contributed by atoms with Gasteiger partial charge in [0.1, 0.15) is 0 Å². The van der Waals surface area contributed by atoms with E-state index in [4.69, 9.17) is 5.11 Å². The molecule has 1 rings (SSSR count). The Morgan fingerprint density at radius 1 is 1.69 bits per heavy atom. The minimum atomic E-state index is -0.392. The van der Waals surface area contributed by atoms with Gasteiger partial charge in [-0.15, -0.1) is 0 Å². The van der Waals surface area contributed by atoms with Crippen molar-refractivity contribution in [2.45, 2.75) is 25.9 Å². The maximum Gasteiger partial charge on any atom is 0.324 e. The van der Waals surface area contributed by atoms with E-state index in [-0.39, 0.29) is 11.1 Å². The van der Waals surface area contributed by atoms with Crippen molar-refractivity contribution in [2.75, 3.05) is 0 Å². The molecular weight excluding hydrogens is 190 g/mol. The van der Waals surface area contributed by atoms with Crippen molar-refractivity contribution >= 4 is 16.3 Å². The van der Waals surface area contributed by atoms with Gasteiger partial charge < -0.3 is 5.11 Å². The molecule has 1 heterocycles. The standard InChI is InChI=1S/C8H11NO3S/c1-6(10)2-3-7-4-5-8(13-7)9(11)12/h4-6,10H,2-3H2,1H3/t6-/m0/s1. The molecule has 1 aromatic heterocycles. The predicted octanol–water partition coefficient (Wildman–Crippen LogP) is 1.97. The van der Waals surface area contributed by atoms with Gasteiger partial charge in [0.15, 0.2) is 0 Å². The van der Waals surface area contributed by atoms with Gasteiger partial charge in [-0.05, 0) is 25.8 Å². The summed E-state index contributed by atoms with van der Waals surface area (Å²) in [7, 11) is 0. The Morgan fingerprint density at radius 3 is 2.85 bits per heavy atom. The molecule has 0 spiro atoms. The third-order valence-corrected chi connectivity index (χ3v) is 2.73. The highest BCUT2D eigenvalue weighted by Gasteiger charge is 2.09. The van der Waals surface area contributed by atoms with Crippen molar-refractivity contribution in [3.05, 3.63) is 27.1 Å². The molecule has 0 unspecified atom stereocenters. The number of nitro groups is 1. The molecule has 0 saturated carbocycles. The van der Waals surface area contributed by atoms with Crippen LogP contribution in [0.4, 0.5) is 5.00 Å². The molecule has 1 aromatic rings. The lowest BCUT2D eigenvalue weighted by Gasteiger charge is -1.99. The van der Waals surface area contributed by atoms with E-state index >= 15 is 0 Å². The minimum absolute atomic E-state index is 0.167. The second kappa shape index (κ2) is 4.34. The molecule has 1 N–H and O–H groups in total. The van der Waals surface area contributed by atoms with Gasteiger partial charge in [-0.25, -0.2) is 0 Å². The summed E-state index contributed by atoms with van der Waals surface area (Å²) in [5.41, 5.74) is 0. The Hall–Kier alpha value is -0.940. The van der Waals surface area contributed by atoms with Crippen LogP contribution in [0.5, 0.6) is 0 Å². The Labute approximate surface area is 80.0 Å². The van der Waals surface area contributed by atoms with Crippen LogP contribution in [0.2, 0.25) is 0 Å². The second-order valence-corrected chi connectivity index (χ2v) is 4.03. The van der Waals surface area contributed by atoms with Gasteiger partial charge >= 0.3 is 5.00 Å². The minimum Gasteiger partial charge on any atom is -0.393 e. The number of thiophene rings is 1. The Morgan fingerprint density at radius 2 is 2.38 bits per heavy atom. The Bertz CT molecular complexity index is 295. The lowest BCUT2D eigenvalue weighted by molar-refractivity contribution is -0.380. The van der Waals surface area contributed by atoms with Gasteiger partial charge in [0.2, 0.25) is 0 Å². The van der Waals surface area contributed by atoms with Crippen LogP contribution in [-0.2, 0) is 6.42 Å². The van der Waals surface area contributed by atoms with Crippen LogP contribution in [0, 0.1) is 10.1 Å². The molecule has 1 atom stereocenters. The van der Waals surface area contributed by atoms with Crippen molar-refractivity contribution < 1.29 is 10.0 Å². The van der Waals surface area contributed by atoms with Crippen molar-refractivity contribution in [3.63, 3.8) is 0 Å². The number of rotatable bonds is 4. The van der Waals surface area contributed by atoms with Gasteiger partial charge in [-0.1, -0.05) is 11.3 Å². The highest BCUT2D eigenvalue weighted by molar-refractivity contribution is 7.15. The number of hydrogen-bond donors (Lipinski definition) is 1. The van der Waals surface area contributed by atoms with Crippen molar-refractivity contribution in [3.8, 4) is 0 Å². The summed E-state index contributed by atoms with van der Waals surface area (Å²) in [4.78, 5) is 10.9. The smallest absolute Gasteiger partial charge is 0.324 e. The first kappa shape index (κ1) is 10.1. The average molecular weight is 201 g/mol. The van der Waals surface area contributed by atoms with Gasteiger partial charge in [0.05, 0.1) is 11.0 Å². The predicted molar refractivity (Wildman–Crippen MR) is 51.0 cm³/mol. The zero-order valence-corrected chi connectivity index (χ0v) is 8.08. The molecule has 0 fully saturated rings. The molecule has 0 aliphatic heterocycles. The summed E-state index contributed by atoms with van der Waals surface area (Å²) >= 11 is 1.17. The molecule has 0 bridgehead atoms. The van der Waals surface area contributed by atoms with E-state index < -0.39 is 4.92 Å². The average Bonchev–Trinajstić information content (AvgIpc) is 2.48. The number of aliphatic hydroxyl groups excluding tert-OH is 1. The largest absolute Gasteiger partial charge is 0.393 e. The summed E-state index contributed by atoms with van der Waals surface area (Å²) in [5, 5.41) is 19.5. The van der Waals surface area contributed by atoms with Crippen LogP contribution in [0.15, 0.2) is 12.1 Å². The Kier molecular flexibility index (Phi) is 3.39. The lowest BCUT2D eigenvalue weighted by atomic mass is 10.2. The van der Waals surface area contributed by atoms with Crippen LogP contribution >= 0.6 is 11.3 Å². The van der Waals surface area contributed by atoms with E-state index in [1.165, 1.54) is 17.4 Å². The van der Waals surface area contributed by atoms with Crippen LogP contribution in [0.1, 0.15) is 18.2 Å². The first-order valence-electron chi connectivity index (χ1n) is 4.01. The number of aliphatic hydroxyl groups is 1. The first-order valence-corrected chi connectivity index (χ1v) is 4.82. The van der Waals surface area contributed by atoms with E-state index in [9.17, 15) is 10.1 Å². The first-order chi connectivity index (χ1) is 6.09. The van der Waals surface area contributed by atoms with Crippen LogP contribution in [-0.4, -0.2) is 16.1 Å². The van der Waals surface area contributed by atoms with Crippen LogP contribution in [0.3, 0.4) is 0 Å². The third kappa shape index (κ3) is 3.12. The summed E-state index contributed by atoms with van der Waals surface area (Å²) in [5.74, 6) is 0. The fraction of sp³-hybridized carbons (Fsp3) is 0.500. The van der Waals surface area contributed by atoms with Crippen LogP contribution < -0.4 is 0 Å². The zero-order chi connectivity index (χ0) is 9.84. The molecule has 0 aromatic carbocycles. The summed E-state index contributed by atoms with van der Waals surface area (Å²) in [6, 6.07) is 3.24. The molecule has 5 heteroatoms. The van der Waals surface area contributed by atoms with E-state index in [1.807, 2.05) is 0 Å². The van der Waals surface area contributed by atoms with Gasteiger partial charge in [0, 0.05) is 10.9 Å². The van der Waals surface area contributed by atoms with Gasteiger partial charge in [-0.2, -0.15) is 0 Å². The van der Waals surface area contributed by atoms with Gasteiger partial charge in [0.25, 0.3) is 0 Å². The maximum atomic E-state index is 10.3. The monoisotopic (exact) mass is 201 g/mol. The maximum absolute atomic E-state index is 10.3. The second-order valence-electron chi connectivity index (χ2n) is 2.88. The number of hydrogen-bond acceptors (Lipinski definition) is 4. The summed E-state index contributed by atoms with van der Waals surface area (Å²) < 4.78 is 0.